The lowest BCUT2D eigenvalue weighted by atomic mass is 9.71. The Morgan fingerprint density at radius 3 is 2.12 bits per heavy atom. The summed E-state index contributed by atoms with van der Waals surface area (Å²) in [4.78, 5) is 10.9. The van der Waals surface area contributed by atoms with Gasteiger partial charge in [0.1, 0.15) is 18.6 Å². The van der Waals surface area contributed by atoms with E-state index in [1.54, 1.807) is 0 Å². The summed E-state index contributed by atoms with van der Waals surface area (Å²) in [6.07, 6.45) is 5.92. The second-order valence-electron chi connectivity index (χ2n) is 6.10. The summed E-state index contributed by atoms with van der Waals surface area (Å²) >= 11 is 0. The summed E-state index contributed by atoms with van der Waals surface area (Å²) in [7, 11) is 0. The SMILES string of the molecule is CC(=O)O/C=C/O[C@@H]1CCCC1(c1ccccc1)c1ccccc1. The van der Waals surface area contributed by atoms with Gasteiger partial charge in [0, 0.05) is 6.92 Å². The van der Waals surface area contributed by atoms with Crippen LogP contribution in [0.5, 0.6) is 0 Å². The van der Waals surface area contributed by atoms with E-state index in [1.807, 2.05) is 12.1 Å². The van der Waals surface area contributed by atoms with Crippen molar-refractivity contribution in [3.8, 4) is 0 Å². The largest absolute Gasteiger partial charge is 0.494 e. The molecule has 1 atom stereocenters. The van der Waals surface area contributed by atoms with Crippen molar-refractivity contribution in [1.82, 2.24) is 0 Å². The molecule has 24 heavy (non-hydrogen) atoms. The highest BCUT2D eigenvalue weighted by Crippen LogP contribution is 2.48. The van der Waals surface area contributed by atoms with Gasteiger partial charge in [0.05, 0.1) is 5.41 Å². The fraction of sp³-hybridized carbons (Fsp3) is 0.286. The quantitative estimate of drug-likeness (QED) is 0.597. The molecular weight excluding hydrogens is 300 g/mol. The van der Waals surface area contributed by atoms with E-state index >= 15 is 0 Å². The Bertz CT molecular complexity index is 652. The highest BCUT2D eigenvalue weighted by Gasteiger charge is 2.46. The summed E-state index contributed by atoms with van der Waals surface area (Å²) in [6.45, 7) is 1.37. The van der Waals surface area contributed by atoms with Crippen LogP contribution in [-0.2, 0) is 19.7 Å². The first kappa shape index (κ1) is 16.3. The Morgan fingerprint density at radius 1 is 1.00 bits per heavy atom. The van der Waals surface area contributed by atoms with Gasteiger partial charge in [-0.15, -0.1) is 0 Å². The minimum Gasteiger partial charge on any atom is -0.494 e. The smallest absolute Gasteiger partial charge is 0.307 e. The van der Waals surface area contributed by atoms with Crippen molar-refractivity contribution in [2.45, 2.75) is 37.7 Å². The first-order valence-corrected chi connectivity index (χ1v) is 8.32. The molecule has 0 radical (unpaired) electrons. The molecule has 3 heteroatoms. The first-order chi connectivity index (χ1) is 11.7. The first-order valence-electron chi connectivity index (χ1n) is 8.32. The predicted molar refractivity (Wildman–Crippen MR) is 93.3 cm³/mol. The van der Waals surface area contributed by atoms with Gasteiger partial charge in [-0.2, -0.15) is 0 Å². The summed E-state index contributed by atoms with van der Waals surface area (Å²) in [5.74, 6) is -0.348. The van der Waals surface area contributed by atoms with E-state index in [1.165, 1.54) is 30.6 Å². The van der Waals surface area contributed by atoms with Gasteiger partial charge in [-0.05, 0) is 30.4 Å². The lowest BCUT2D eigenvalue weighted by Gasteiger charge is -2.36. The van der Waals surface area contributed by atoms with Gasteiger partial charge in [0.15, 0.2) is 0 Å². The minimum atomic E-state index is -0.348. The van der Waals surface area contributed by atoms with E-state index < -0.39 is 0 Å². The molecule has 0 spiro atoms. The van der Waals surface area contributed by atoms with Gasteiger partial charge in [-0.25, -0.2) is 0 Å². The van der Waals surface area contributed by atoms with Crippen LogP contribution in [0.15, 0.2) is 73.2 Å². The lowest BCUT2D eigenvalue weighted by molar-refractivity contribution is -0.135. The fourth-order valence-corrected chi connectivity index (χ4v) is 3.71. The Kier molecular flexibility index (Phi) is 4.99. The molecule has 1 aliphatic carbocycles. The van der Waals surface area contributed by atoms with Crippen molar-refractivity contribution in [3.05, 3.63) is 84.3 Å². The summed E-state index contributed by atoms with van der Waals surface area (Å²) in [5.41, 5.74) is 2.35. The third-order valence-corrected chi connectivity index (χ3v) is 4.70. The predicted octanol–water partition coefficient (Wildman–Crippen LogP) is 4.58. The third kappa shape index (κ3) is 3.21. The summed E-state index contributed by atoms with van der Waals surface area (Å²) in [6, 6.07) is 21.0. The van der Waals surface area contributed by atoms with Crippen LogP contribution in [0.2, 0.25) is 0 Å². The average Bonchev–Trinajstić information content (AvgIpc) is 3.05. The van der Waals surface area contributed by atoms with E-state index in [2.05, 4.69) is 48.5 Å². The van der Waals surface area contributed by atoms with Crippen molar-refractivity contribution in [3.63, 3.8) is 0 Å². The van der Waals surface area contributed by atoms with Gasteiger partial charge in [-0.1, -0.05) is 60.7 Å². The van der Waals surface area contributed by atoms with Gasteiger partial charge in [0.2, 0.25) is 0 Å². The Balaban J connectivity index is 1.95. The summed E-state index contributed by atoms with van der Waals surface area (Å²) in [5, 5.41) is 0. The molecule has 0 N–H and O–H groups in total. The number of esters is 1. The van der Waals surface area contributed by atoms with Crippen molar-refractivity contribution < 1.29 is 14.3 Å². The van der Waals surface area contributed by atoms with Gasteiger partial charge in [-0.3, -0.25) is 4.79 Å². The van der Waals surface area contributed by atoms with Crippen LogP contribution in [0, 0.1) is 0 Å². The van der Waals surface area contributed by atoms with Gasteiger partial charge >= 0.3 is 5.97 Å². The van der Waals surface area contributed by atoms with Crippen molar-refractivity contribution >= 4 is 5.97 Å². The highest BCUT2D eigenvalue weighted by molar-refractivity contribution is 5.66. The molecule has 124 valence electrons. The number of hydrogen-bond acceptors (Lipinski definition) is 3. The Morgan fingerprint density at radius 2 is 1.58 bits per heavy atom. The van der Waals surface area contributed by atoms with Crippen LogP contribution < -0.4 is 0 Å². The molecule has 1 fully saturated rings. The van der Waals surface area contributed by atoms with Crippen LogP contribution in [0.25, 0.3) is 0 Å². The molecule has 3 rings (SSSR count). The Hall–Kier alpha value is -2.55. The summed E-state index contributed by atoms with van der Waals surface area (Å²) < 4.78 is 10.9. The molecule has 2 aromatic carbocycles. The molecular formula is C21H22O3. The van der Waals surface area contributed by atoms with E-state index in [4.69, 9.17) is 9.47 Å². The number of ether oxygens (including phenoxy) is 2. The maximum atomic E-state index is 10.9. The lowest BCUT2D eigenvalue weighted by Crippen LogP contribution is -2.37. The zero-order valence-corrected chi connectivity index (χ0v) is 13.9. The van der Waals surface area contributed by atoms with Crippen molar-refractivity contribution in [1.29, 1.82) is 0 Å². The minimum absolute atomic E-state index is 0.00843. The van der Waals surface area contributed by atoms with Crippen LogP contribution in [0.1, 0.15) is 37.3 Å². The molecule has 0 aromatic heterocycles. The number of benzene rings is 2. The van der Waals surface area contributed by atoms with Crippen molar-refractivity contribution in [2.24, 2.45) is 0 Å². The highest BCUT2D eigenvalue weighted by atomic mass is 16.5. The molecule has 0 saturated heterocycles. The number of hydrogen-bond donors (Lipinski definition) is 0. The zero-order chi connectivity index (χ0) is 16.8. The second-order valence-corrected chi connectivity index (χ2v) is 6.10. The average molecular weight is 322 g/mol. The van der Waals surface area contributed by atoms with E-state index in [0.29, 0.717) is 0 Å². The molecule has 0 bridgehead atoms. The molecule has 2 aromatic rings. The van der Waals surface area contributed by atoms with Gasteiger partial charge in [0.25, 0.3) is 0 Å². The molecule has 3 nitrogen and oxygen atoms in total. The number of carbonyl (C=O) groups excluding carboxylic acids is 1. The zero-order valence-electron chi connectivity index (χ0n) is 13.9. The van der Waals surface area contributed by atoms with Crippen LogP contribution >= 0.6 is 0 Å². The fourth-order valence-electron chi connectivity index (χ4n) is 3.71. The van der Waals surface area contributed by atoms with E-state index in [-0.39, 0.29) is 17.5 Å². The molecule has 1 aliphatic rings. The van der Waals surface area contributed by atoms with Crippen LogP contribution in [-0.4, -0.2) is 12.1 Å². The van der Waals surface area contributed by atoms with Crippen LogP contribution in [0.3, 0.4) is 0 Å². The van der Waals surface area contributed by atoms with E-state index in [9.17, 15) is 4.79 Å². The normalized spacial score (nSPS) is 19.3. The standard InChI is InChI=1S/C21H22O3/c1-17(22)23-15-16-24-20-13-8-14-21(20,18-9-4-2-5-10-18)19-11-6-3-7-12-19/h2-7,9-12,15-16,20H,8,13-14H2,1H3/b16-15+/t20-/m1/s1. The second kappa shape index (κ2) is 7.35. The Labute approximate surface area is 142 Å². The maximum absolute atomic E-state index is 10.9. The molecule has 0 amide bonds. The van der Waals surface area contributed by atoms with E-state index in [0.717, 1.165) is 19.3 Å². The molecule has 0 aliphatic heterocycles. The topological polar surface area (TPSA) is 35.5 Å². The molecule has 0 unspecified atom stereocenters. The monoisotopic (exact) mass is 322 g/mol. The van der Waals surface area contributed by atoms with Crippen LogP contribution in [0.4, 0.5) is 0 Å². The van der Waals surface area contributed by atoms with Crippen molar-refractivity contribution in [2.75, 3.05) is 0 Å². The number of carbonyl (C=O) groups is 1. The number of rotatable bonds is 5. The maximum Gasteiger partial charge on any atom is 0.307 e. The molecule has 1 saturated carbocycles. The third-order valence-electron chi connectivity index (χ3n) is 4.70. The molecule has 0 heterocycles. The van der Waals surface area contributed by atoms with Gasteiger partial charge < -0.3 is 9.47 Å².